The average molecular weight is 238 g/mol. The molecule has 0 saturated carbocycles. The molecular formula is C12H20BO2P. The molecule has 0 aliphatic heterocycles. The minimum absolute atomic E-state index is 0.0241. The van der Waals surface area contributed by atoms with Crippen molar-refractivity contribution in [3.05, 3.63) is 35.9 Å². The van der Waals surface area contributed by atoms with Gasteiger partial charge in [-0.1, -0.05) is 18.2 Å². The molecule has 0 fully saturated rings. The summed E-state index contributed by atoms with van der Waals surface area (Å²) in [5, 5.41) is 0.136. The Bertz CT molecular complexity index is 368. The van der Waals surface area contributed by atoms with Crippen molar-refractivity contribution < 1.29 is 9.32 Å². The molecule has 0 N–H and O–H groups in total. The largest absolute Gasteiger partial charge is 0.374 e. The van der Waals surface area contributed by atoms with E-state index in [1.54, 1.807) is 0 Å². The molecule has 1 unspecified atom stereocenters. The highest BCUT2D eigenvalue weighted by atomic mass is 31.2. The molecule has 0 aliphatic rings. The Morgan fingerprint density at radius 1 is 1.25 bits per heavy atom. The normalized spacial score (nSPS) is 15.3. The summed E-state index contributed by atoms with van der Waals surface area (Å²) in [5.74, 6) is -0.152. The Kier molecular flexibility index (Phi) is 3.80. The van der Waals surface area contributed by atoms with Gasteiger partial charge in [0.05, 0.1) is 10.7 Å². The van der Waals surface area contributed by atoms with Crippen molar-refractivity contribution in [3.63, 3.8) is 0 Å². The van der Waals surface area contributed by atoms with E-state index in [0.717, 1.165) is 0 Å². The van der Waals surface area contributed by atoms with Crippen molar-refractivity contribution in [2.45, 2.75) is 25.9 Å². The van der Waals surface area contributed by atoms with E-state index >= 15 is 0 Å². The summed E-state index contributed by atoms with van der Waals surface area (Å²) in [6.07, 6.45) is 0. The summed E-state index contributed by atoms with van der Waals surface area (Å²) in [4.78, 5) is 12.0. The highest BCUT2D eigenvalue weighted by molar-refractivity contribution is 7.94. The predicted octanol–water partition coefficient (Wildman–Crippen LogP) is 2.48. The van der Waals surface area contributed by atoms with E-state index in [2.05, 4.69) is 27.4 Å². The Hall–Kier alpha value is -0.815. The molecular weight excluding hydrogens is 218 g/mol. The molecule has 0 spiro atoms. The molecule has 0 bridgehead atoms. The summed E-state index contributed by atoms with van der Waals surface area (Å²) in [5.41, 5.74) is 0.665. The summed E-state index contributed by atoms with van der Waals surface area (Å²) in [6.45, 7) is 8.68. The Morgan fingerprint density at radius 2 is 1.75 bits per heavy atom. The lowest BCUT2D eigenvalue weighted by Crippen LogP contribution is -2.23. The van der Waals surface area contributed by atoms with E-state index in [1.807, 2.05) is 30.3 Å². The SMILES string of the molecule is [BH3-][P+](C)(OC(=O)c1ccccc1)C(C)(C)C. The summed E-state index contributed by atoms with van der Waals surface area (Å²) in [6, 6.07) is 9.26. The van der Waals surface area contributed by atoms with E-state index in [4.69, 9.17) is 4.52 Å². The van der Waals surface area contributed by atoms with Gasteiger partial charge in [-0.15, -0.1) is 0 Å². The van der Waals surface area contributed by atoms with Crippen molar-refractivity contribution in [1.82, 2.24) is 0 Å². The van der Waals surface area contributed by atoms with Crippen molar-refractivity contribution in [2.24, 2.45) is 0 Å². The first-order chi connectivity index (χ1) is 7.24. The van der Waals surface area contributed by atoms with Crippen LogP contribution in [-0.4, -0.2) is 25.4 Å². The number of rotatable bonds is 2. The lowest BCUT2D eigenvalue weighted by atomic mass is 10.2. The molecule has 88 valence electrons. The topological polar surface area (TPSA) is 26.3 Å². The number of carbonyl (C=O) groups is 1. The molecule has 16 heavy (non-hydrogen) atoms. The van der Waals surface area contributed by atoms with E-state index in [0.29, 0.717) is 5.56 Å². The van der Waals surface area contributed by atoms with Gasteiger partial charge in [0.2, 0.25) is 0 Å². The van der Waals surface area contributed by atoms with Gasteiger partial charge >= 0.3 is 5.97 Å². The van der Waals surface area contributed by atoms with Gasteiger partial charge < -0.3 is 4.52 Å². The zero-order chi connectivity index (χ0) is 12.4. The first-order valence-electron chi connectivity index (χ1n) is 4.92. The van der Waals surface area contributed by atoms with Crippen LogP contribution >= 0.6 is 7.37 Å². The van der Waals surface area contributed by atoms with Crippen molar-refractivity contribution in [3.8, 4) is 0 Å². The van der Waals surface area contributed by atoms with Crippen molar-refractivity contribution in [2.75, 3.05) is 6.66 Å². The summed E-state index contributed by atoms with van der Waals surface area (Å²) in [7, 11) is -1.42. The van der Waals surface area contributed by atoms with Crippen LogP contribution in [0.2, 0.25) is 0 Å². The maximum atomic E-state index is 12.0. The van der Waals surface area contributed by atoms with Crippen LogP contribution in [0.4, 0.5) is 0 Å². The van der Waals surface area contributed by atoms with Crippen LogP contribution in [-0.2, 0) is 4.52 Å². The van der Waals surface area contributed by atoms with Gasteiger partial charge in [0.25, 0.3) is 0 Å². The standard InChI is InChI=1S/C12H20BO2P/c1-12(2,3)16(4,13)15-11(14)10-8-6-5-7-9-10/h5-9H,1-4,13H3. The molecule has 4 heteroatoms. The van der Waals surface area contributed by atoms with Crippen LogP contribution in [0, 0.1) is 0 Å². The fraction of sp³-hybridized carbons (Fsp3) is 0.417. The fourth-order valence-corrected chi connectivity index (χ4v) is 1.52. The Labute approximate surface area is 99.2 Å². The maximum Gasteiger partial charge on any atom is 0.374 e. The number of hydrogen-bond donors (Lipinski definition) is 0. The molecule has 1 aromatic rings. The molecule has 2 nitrogen and oxygen atoms in total. The number of hydrogen-bond acceptors (Lipinski definition) is 2. The third kappa shape index (κ3) is 3.09. The zero-order valence-corrected chi connectivity index (χ0v) is 10.5. The predicted molar refractivity (Wildman–Crippen MR) is 74.4 cm³/mol. The van der Waals surface area contributed by atoms with Crippen LogP contribution < -0.4 is 0 Å². The second-order valence-electron chi connectivity index (χ2n) is 4.41. The van der Waals surface area contributed by atoms with Crippen LogP contribution in [0.15, 0.2) is 30.3 Å². The summed E-state index contributed by atoms with van der Waals surface area (Å²) >= 11 is 0. The van der Waals surface area contributed by atoms with Crippen LogP contribution in [0.25, 0.3) is 0 Å². The molecule has 0 amide bonds. The lowest BCUT2D eigenvalue weighted by molar-refractivity contribution is 0.0748. The van der Waals surface area contributed by atoms with Gasteiger partial charge in [-0.2, -0.15) is 0 Å². The second-order valence-corrected chi connectivity index (χ2v) is 6.93. The molecule has 0 aliphatic carbocycles. The molecule has 1 atom stereocenters. The van der Waals surface area contributed by atoms with Crippen LogP contribution in [0.5, 0.6) is 0 Å². The highest BCUT2D eigenvalue weighted by Gasteiger charge is 2.38. The van der Waals surface area contributed by atoms with Gasteiger partial charge in [0.1, 0.15) is 0 Å². The van der Waals surface area contributed by atoms with Gasteiger partial charge in [-0.05, 0) is 32.9 Å². The Balaban J connectivity index is 2.80. The summed E-state index contributed by atoms with van der Waals surface area (Å²) < 4.78 is 5.77. The van der Waals surface area contributed by atoms with Crippen LogP contribution in [0.1, 0.15) is 31.1 Å². The molecule has 1 rings (SSSR count). The lowest BCUT2D eigenvalue weighted by Gasteiger charge is -2.35. The van der Waals surface area contributed by atoms with Gasteiger partial charge in [-0.25, -0.2) is 4.79 Å². The third-order valence-corrected chi connectivity index (χ3v) is 4.50. The monoisotopic (exact) mass is 238 g/mol. The first kappa shape index (κ1) is 13.3. The van der Waals surface area contributed by atoms with Crippen molar-refractivity contribution >= 4 is 20.9 Å². The van der Waals surface area contributed by atoms with E-state index in [-0.39, 0.29) is 18.7 Å². The van der Waals surface area contributed by atoms with E-state index < -0.39 is 7.37 Å². The third-order valence-electron chi connectivity index (χ3n) is 2.17. The second kappa shape index (κ2) is 4.59. The zero-order valence-electron chi connectivity index (χ0n) is 9.65. The van der Waals surface area contributed by atoms with Crippen LogP contribution in [0.3, 0.4) is 0 Å². The quantitative estimate of drug-likeness (QED) is 0.584. The molecule has 0 radical (unpaired) electrons. The first-order valence-corrected chi connectivity index (χ1v) is 6.63. The van der Waals surface area contributed by atoms with Gasteiger partial charge in [0.15, 0.2) is 7.57 Å². The highest BCUT2D eigenvalue weighted by Crippen LogP contribution is 2.62. The smallest absolute Gasteiger partial charge is 0.355 e. The minimum Gasteiger partial charge on any atom is -0.355 e. The maximum absolute atomic E-state index is 12.0. The number of carbonyl (C=O) groups excluding carboxylic acids is 1. The molecule has 0 saturated heterocycles. The van der Waals surface area contributed by atoms with Gasteiger partial charge in [0, 0.05) is 14.0 Å². The van der Waals surface area contributed by atoms with E-state index in [9.17, 15) is 4.79 Å². The minimum atomic E-state index is -1.45. The van der Waals surface area contributed by atoms with E-state index in [1.165, 1.54) is 0 Å². The Morgan fingerprint density at radius 3 is 2.19 bits per heavy atom. The molecule has 0 heterocycles. The average Bonchev–Trinajstić information content (AvgIpc) is 2.16. The van der Waals surface area contributed by atoms with Gasteiger partial charge in [-0.3, -0.25) is 0 Å². The van der Waals surface area contributed by atoms with Crippen molar-refractivity contribution in [1.29, 1.82) is 0 Å². The molecule has 0 aromatic heterocycles. The number of benzene rings is 1. The molecule has 1 aromatic carbocycles. The fourth-order valence-electron chi connectivity index (χ4n) is 0.888.